The molecule has 1 aromatic carbocycles. The molecule has 5 nitrogen and oxygen atoms in total. The van der Waals surface area contributed by atoms with Gasteiger partial charge in [-0.2, -0.15) is 13.9 Å². The number of benzene rings is 1. The maximum Gasteiger partial charge on any atom is 0.498 e. The maximum atomic E-state index is 12.0. The van der Waals surface area contributed by atoms with Crippen molar-refractivity contribution in [3.8, 4) is 11.5 Å². The molecule has 2 rings (SSSR count). The zero-order valence-electron chi connectivity index (χ0n) is 12.6. The Bertz CT molecular complexity index is 761. The summed E-state index contributed by atoms with van der Waals surface area (Å²) in [5.74, 6) is 0.826. The first kappa shape index (κ1) is 14.8. The Morgan fingerprint density at radius 2 is 2.00 bits per heavy atom. The number of phenolic OH excluding ortho intramolecular Hbond substituents is 1. The summed E-state index contributed by atoms with van der Waals surface area (Å²) in [7, 11) is 5.04. The first-order chi connectivity index (χ1) is 9.93. The molecule has 1 heterocycles. The van der Waals surface area contributed by atoms with Crippen molar-refractivity contribution in [2.75, 3.05) is 7.11 Å². The molecular weight excluding hydrogens is 268 g/mol. The van der Waals surface area contributed by atoms with E-state index >= 15 is 0 Å². The van der Waals surface area contributed by atoms with E-state index in [1.807, 2.05) is 25.1 Å². The smallest absolute Gasteiger partial charge is 0.498 e. The Morgan fingerprint density at radius 1 is 1.29 bits per heavy atom. The highest BCUT2D eigenvalue weighted by Crippen LogP contribution is 2.24. The molecule has 5 heteroatoms. The molecule has 0 atom stereocenters. The van der Waals surface area contributed by atoms with Crippen molar-refractivity contribution in [3.63, 3.8) is 0 Å². The number of hydrogen-bond donors (Lipinski definition) is 1. The molecule has 0 bridgehead atoms. The zero-order valence-corrected chi connectivity index (χ0v) is 12.6. The second kappa shape index (κ2) is 5.83. The molecule has 0 fully saturated rings. The van der Waals surface area contributed by atoms with Crippen molar-refractivity contribution in [3.05, 3.63) is 51.7 Å². The molecule has 0 aliphatic heterocycles. The van der Waals surface area contributed by atoms with E-state index in [0.717, 1.165) is 17.0 Å². The van der Waals surface area contributed by atoms with Crippen LogP contribution in [0.3, 0.4) is 0 Å². The number of rotatable bonds is 3. The third-order valence-electron chi connectivity index (χ3n) is 3.49. The molecule has 0 saturated heterocycles. The highest BCUT2D eigenvalue weighted by Gasteiger charge is 2.11. The third kappa shape index (κ3) is 2.97. The first-order valence-electron chi connectivity index (χ1n) is 6.56. The Kier molecular flexibility index (Phi) is 4.12. The van der Waals surface area contributed by atoms with Gasteiger partial charge < -0.3 is 9.84 Å². The third-order valence-corrected chi connectivity index (χ3v) is 3.49. The van der Waals surface area contributed by atoms with Gasteiger partial charge >= 0.3 is 5.69 Å². The lowest BCUT2D eigenvalue weighted by Crippen LogP contribution is -2.53. The van der Waals surface area contributed by atoms with Crippen LogP contribution in [-0.2, 0) is 14.1 Å². The van der Waals surface area contributed by atoms with E-state index < -0.39 is 0 Å². The average molecular weight is 287 g/mol. The van der Waals surface area contributed by atoms with Crippen molar-refractivity contribution in [2.45, 2.75) is 6.92 Å². The average Bonchev–Trinajstić information content (AvgIpc) is 2.47. The molecule has 0 aliphatic carbocycles. The Morgan fingerprint density at radius 3 is 2.67 bits per heavy atom. The van der Waals surface area contributed by atoms with Crippen molar-refractivity contribution >= 4 is 12.2 Å². The summed E-state index contributed by atoms with van der Waals surface area (Å²) in [4.78, 5) is 12.0. The maximum absolute atomic E-state index is 12.0. The largest absolute Gasteiger partial charge is 0.508 e. The van der Waals surface area contributed by atoms with Crippen LogP contribution in [-0.4, -0.2) is 16.8 Å². The summed E-state index contributed by atoms with van der Waals surface area (Å²) in [5.41, 5.74) is 2.31. The van der Waals surface area contributed by atoms with Gasteiger partial charge in [0.25, 0.3) is 0 Å². The summed E-state index contributed by atoms with van der Waals surface area (Å²) in [6, 6.07) is 6.80. The van der Waals surface area contributed by atoms with Crippen molar-refractivity contribution < 1.29 is 14.4 Å². The normalized spacial score (nSPS) is 11.0. The van der Waals surface area contributed by atoms with Crippen molar-refractivity contribution in [1.29, 1.82) is 0 Å². The Labute approximate surface area is 123 Å². The standard InChI is InChI=1S/C16H18N2O3/c1-11-9-13(18(3)16(20)17(11)2)6-5-12-10-14(19)7-8-15(12)21-4/h5-10H,1-4H3/p+1. The van der Waals surface area contributed by atoms with Crippen LogP contribution in [0.5, 0.6) is 11.5 Å². The van der Waals surface area contributed by atoms with Gasteiger partial charge in [-0.15, -0.1) is 0 Å². The van der Waals surface area contributed by atoms with E-state index in [2.05, 4.69) is 0 Å². The summed E-state index contributed by atoms with van der Waals surface area (Å²) >= 11 is 0. The number of methoxy groups -OCH3 is 1. The van der Waals surface area contributed by atoms with Crippen LogP contribution < -0.4 is 15.0 Å². The minimum absolute atomic E-state index is 0.0856. The summed E-state index contributed by atoms with van der Waals surface area (Å²) < 4.78 is 8.41. The van der Waals surface area contributed by atoms with Gasteiger partial charge in [0.1, 0.15) is 22.9 Å². The van der Waals surface area contributed by atoms with E-state index in [1.165, 1.54) is 0 Å². The second-order valence-corrected chi connectivity index (χ2v) is 4.87. The van der Waals surface area contributed by atoms with Gasteiger partial charge in [-0.3, -0.25) is 0 Å². The van der Waals surface area contributed by atoms with Crippen LogP contribution >= 0.6 is 0 Å². The monoisotopic (exact) mass is 287 g/mol. The zero-order chi connectivity index (χ0) is 15.6. The van der Waals surface area contributed by atoms with E-state index in [9.17, 15) is 9.90 Å². The Balaban J connectivity index is 2.48. The number of aromatic hydroxyl groups is 1. The van der Waals surface area contributed by atoms with Gasteiger partial charge in [-0.25, -0.2) is 0 Å². The van der Waals surface area contributed by atoms with Crippen LogP contribution in [0.2, 0.25) is 0 Å². The van der Waals surface area contributed by atoms with Gasteiger partial charge in [0.05, 0.1) is 21.2 Å². The molecule has 1 aromatic heterocycles. The molecule has 0 aliphatic rings. The number of ether oxygens (including phenoxy) is 1. The van der Waals surface area contributed by atoms with Gasteiger partial charge in [0.15, 0.2) is 0 Å². The predicted molar refractivity (Wildman–Crippen MR) is 81.2 cm³/mol. The molecule has 1 N–H and O–H groups in total. The number of nitrogens with zero attached hydrogens (tertiary/aromatic N) is 2. The lowest BCUT2D eigenvalue weighted by molar-refractivity contribution is -0.692. The second-order valence-electron chi connectivity index (χ2n) is 4.87. The topological polar surface area (TPSA) is 55.3 Å². The molecular formula is C16H19N2O3+. The highest BCUT2D eigenvalue weighted by molar-refractivity contribution is 5.71. The lowest BCUT2D eigenvalue weighted by atomic mass is 10.1. The highest BCUT2D eigenvalue weighted by atomic mass is 16.5. The quantitative estimate of drug-likeness (QED) is 0.868. The molecule has 0 radical (unpaired) electrons. The Hall–Kier alpha value is -2.56. The summed E-state index contributed by atoms with van der Waals surface area (Å²) in [6.45, 7) is 1.88. The van der Waals surface area contributed by atoms with Gasteiger partial charge in [-0.05, 0) is 37.3 Å². The summed E-state index contributed by atoms with van der Waals surface area (Å²) in [5, 5.41) is 9.56. The molecule has 0 unspecified atom stereocenters. The first-order valence-corrected chi connectivity index (χ1v) is 6.56. The summed E-state index contributed by atoms with van der Waals surface area (Å²) in [6.07, 6.45) is 3.64. The van der Waals surface area contributed by atoms with Crippen molar-refractivity contribution in [2.24, 2.45) is 14.1 Å². The van der Waals surface area contributed by atoms with Gasteiger partial charge in [0.2, 0.25) is 0 Å². The molecule has 110 valence electrons. The van der Waals surface area contributed by atoms with Gasteiger partial charge in [-0.1, -0.05) is 0 Å². The van der Waals surface area contributed by atoms with Crippen LogP contribution in [0.4, 0.5) is 0 Å². The van der Waals surface area contributed by atoms with Crippen LogP contribution in [0.1, 0.15) is 17.0 Å². The fraction of sp³-hybridized carbons (Fsp3) is 0.250. The van der Waals surface area contributed by atoms with E-state index in [1.54, 1.807) is 48.5 Å². The predicted octanol–water partition coefficient (Wildman–Crippen LogP) is 1.40. The fourth-order valence-corrected chi connectivity index (χ4v) is 2.08. The van der Waals surface area contributed by atoms with Crippen LogP contribution in [0.15, 0.2) is 29.1 Å². The molecule has 0 saturated carbocycles. The SMILES string of the molecule is COc1ccc(O)cc1C=Cc1cc(C)n(C)c(=O)[n+]1C. The number of aryl methyl sites for hydroxylation is 1. The van der Waals surface area contributed by atoms with E-state index in [-0.39, 0.29) is 11.4 Å². The van der Waals surface area contributed by atoms with Crippen LogP contribution in [0, 0.1) is 6.92 Å². The van der Waals surface area contributed by atoms with E-state index in [4.69, 9.17) is 4.74 Å². The van der Waals surface area contributed by atoms with Crippen LogP contribution in [0.25, 0.3) is 12.2 Å². The van der Waals surface area contributed by atoms with Gasteiger partial charge in [0, 0.05) is 11.6 Å². The number of aromatic nitrogens is 2. The number of phenols is 1. The molecule has 2 aromatic rings. The molecule has 0 spiro atoms. The molecule has 21 heavy (non-hydrogen) atoms. The van der Waals surface area contributed by atoms with E-state index in [0.29, 0.717) is 5.75 Å². The number of hydrogen-bond acceptors (Lipinski definition) is 3. The lowest BCUT2D eigenvalue weighted by Gasteiger charge is -2.05. The van der Waals surface area contributed by atoms with Crippen molar-refractivity contribution in [1.82, 2.24) is 4.57 Å². The molecule has 0 amide bonds. The minimum atomic E-state index is -0.0856. The fourth-order valence-electron chi connectivity index (χ4n) is 2.08. The minimum Gasteiger partial charge on any atom is -0.508 e.